The average molecular weight is 144 g/mol. The monoisotopic (exact) mass is 144 g/mol. The van der Waals surface area contributed by atoms with Crippen molar-refractivity contribution >= 4 is 5.97 Å². The minimum Gasteiger partial charge on any atom is -0.478 e. The van der Waals surface area contributed by atoms with E-state index >= 15 is 0 Å². The quantitative estimate of drug-likeness (QED) is 0.576. The van der Waals surface area contributed by atoms with E-state index in [-0.39, 0.29) is 5.57 Å². The van der Waals surface area contributed by atoms with Crippen molar-refractivity contribution in [2.45, 2.75) is 26.4 Å². The van der Waals surface area contributed by atoms with Gasteiger partial charge in [0.2, 0.25) is 0 Å². The molecule has 0 amide bonds. The average Bonchev–Trinajstić information content (AvgIpc) is 1.81. The van der Waals surface area contributed by atoms with Crippen molar-refractivity contribution in [1.29, 1.82) is 0 Å². The smallest absolute Gasteiger partial charge is 0.333 e. The van der Waals surface area contributed by atoms with Crippen LogP contribution < -0.4 is 0 Å². The number of hydrogen-bond acceptors (Lipinski definition) is 2. The van der Waals surface area contributed by atoms with Crippen LogP contribution in [-0.2, 0) is 4.79 Å². The lowest BCUT2D eigenvalue weighted by Crippen LogP contribution is -2.13. The molecule has 58 valence electrons. The van der Waals surface area contributed by atoms with Crippen LogP contribution in [0.15, 0.2) is 11.6 Å². The van der Waals surface area contributed by atoms with E-state index in [0.29, 0.717) is 6.42 Å². The first-order valence-electron chi connectivity index (χ1n) is 3.21. The summed E-state index contributed by atoms with van der Waals surface area (Å²) in [5, 5.41) is 17.3. The zero-order valence-corrected chi connectivity index (χ0v) is 6.16. The highest BCUT2D eigenvalue weighted by Gasteiger charge is 2.11. The van der Waals surface area contributed by atoms with Gasteiger partial charge in [0, 0.05) is 0 Å². The topological polar surface area (TPSA) is 57.5 Å². The molecule has 0 aliphatic rings. The van der Waals surface area contributed by atoms with Gasteiger partial charge in [0.05, 0.1) is 11.7 Å². The third-order valence-electron chi connectivity index (χ3n) is 1.12. The Morgan fingerprint density at radius 2 is 2.20 bits per heavy atom. The van der Waals surface area contributed by atoms with Crippen molar-refractivity contribution in [3.05, 3.63) is 11.6 Å². The Morgan fingerprint density at radius 1 is 1.70 bits per heavy atom. The lowest BCUT2D eigenvalue weighted by molar-refractivity contribution is -0.133. The Balaban J connectivity index is 4.27. The fraction of sp³-hybridized carbons (Fsp3) is 0.571. The van der Waals surface area contributed by atoms with Gasteiger partial charge >= 0.3 is 5.97 Å². The summed E-state index contributed by atoms with van der Waals surface area (Å²) < 4.78 is 0. The van der Waals surface area contributed by atoms with Gasteiger partial charge in [0.1, 0.15) is 0 Å². The summed E-state index contributed by atoms with van der Waals surface area (Å²) in [5.41, 5.74) is 0.0718. The first-order valence-corrected chi connectivity index (χ1v) is 3.21. The van der Waals surface area contributed by atoms with E-state index in [1.54, 1.807) is 0 Å². The molecule has 0 rings (SSSR count). The molecule has 1 atom stereocenters. The van der Waals surface area contributed by atoms with Crippen LogP contribution in [0.3, 0.4) is 0 Å². The fourth-order valence-electron chi connectivity index (χ4n) is 0.656. The largest absolute Gasteiger partial charge is 0.478 e. The van der Waals surface area contributed by atoms with E-state index < -0.39 is 12.1 Å². The zero-order valence-electron chi connectivity index (χ0n) is 6.16. The summed E-state index contributed by atoms with van der Waals surface area (Å²) in [6.07, 6.45) is 1.26. The zero-order chi connectivity index (χ0) is 8.15. The first kappa shape index (κ1) is 9.17. The van der Waals surface area contributed by atoms with Crippen LogP contribution >= 0.6 is 0 Å². The SMILES string of the molecule is CCC=C(C(=O)O)C(C)O. The van der Waals surface area contributed by atoms with Crippen LogP contribution in [0.4, 0.5) is 0 Å². The second-order valence-electron chi connectivity index (χ2n) is 2.05. The van der Waals surface area contributed by atoms with Crippen molar-refractivity contribution in [1.82, 2.24) is 0 Å². The van der Waals surface area contributed by atoms with E-state index in [1.807, 2.05) is 6.92 Å². The van der Waals surface area contributed by atoms with Gasteiger partial charge in [-0.2, -0.15) is 0 Å². The highest BCUT2D eigenvalue weighted by atomic mass is 16.4. The number of aliphatic hydroxyl groups is 1. The summed E-state index contributed by atoms with van der Waals surface area (Å²) in [7, 11) is 0. The number of hydrogen-bond donors (Lipinski definition) is 2. The highest BCUT2D eigenvalue weighted by molar-refractivity contribution is 5.87. The van der Waals surface area contributed by atoms with Gasteiger partial charge < -0.3 is 10.2 Å². The van der Waals surface area contributed by atoms with Crippen LogP contribution in [0.2, 0.25) is 0 Å². The molecule has 0 radical (unpaired) electrons. The van der Waals surface area contributed by atoms with E-state index in [0.717, 1.165) is 0 Å². The maximum absolute atomic E-state index is 10.3. The Kier molecular flexibility index (Phi) is 3.72. The maximum Gasteiger partial charge on any atom is 0.333 e. The van der Waals surface area contributed by atoms with Crippen LogP contribution in [0, 0.1) is 0 Å². The van der Waals surface area contributed by atoms with Crippen molar-refractivity contribution in [3.8, 4) is 0 Å². The minimum atomic E-state index is -1.04. The van der Waals surface area contributed by atoms with Crippen molar-refractivity contribution in [3.63, 3.8) is 0 Å². The summed E-state index contributed by atoms with van der Waals surface area (Å²) >= 11 is 0. The van der Waals surface area contributed by atoms with E-state index in [2.05, 4.69) is 0 Å². The van der Waals surface area contributed by atoms with Gasteiger partial charge in [0.25, 0.3) is 0 Å². The van der Waals surface area contributed by atoms with Crippen molar-refractivity contribution in [2.24, 2.45) is 0 Å². The normalized spacial score (nSPS) is 14.9. The Labute approximate surface area is 60.0 Å². The van der Waals surface area contributed by atoms with Gasteiger partial charge in [-0.05, 0) is 13.3 Å². The maximum atomic E-state index is 10.3. The summed E-state index contributed by atoms with van der Waals surface area (Å²) in [6, 6.07) is 0. The van der Waals surface area contributed by atoms with Crippen molar-refractivity contribution < 1.29 is 15.0 Å². The lowest BCUT2D eigenvalue weighted by atomic mass is 10.1. The van der Waals surface area contributed by atoms with Crippen LogP contribution in [0.5, 0.6) is 0 Å². The number of carboxylic acid groups (broad SMARTS) is 1. The Morgan fingerprint density at radius 3 is 2.30 bits per heavy atom. The molecular weight excluding hydrogens is 132 g/mol. The third-order valence-corrected chi connectivity index (χ3v) is 1.12. The molecule has 0 heterocycles. The second kappa shape index (κ2) is 4.06. The van der Waals surface area contributed by atoms with Crippen LogP contribution in [0.1, 0.15) is 20.3 Å². The molecule has 1 unspecified atom stereocenters. The lowest BCUT2D eigenvalue weighted by Gasteiger charge is -2.03. The van der Waals surface area contributed by atoms with Crippen LogP contribution in [0.25, 0.3) is 0 Å². The highest BCUT2D eigenvalue weighted by Crippen LogP contribution is 2.02. The van der Waals surface area contributed by atoms with Gasteiger partial charge in [-0.3, -0.25) is 0 Å². The summed E-state index contributed by atoms with van der Waals surface area (Å²) in [4.78, 5) is 10.3. The number of carbonyl (C=O) groups is 1. The molecule has 0 saturated carbocycles. The van der Waals surface area contributed by atoms with E-state index in [4.69, 9.17) is 10.2 Å². The number of rotatable bonds is 3. The molecule has 2 N–H and O–H groups in total. The molecule has 0 saturated heterocycles. The predicted molar refractivity (Wildman–Crippen MR) is 37.7 cm³/mol. The number of aliphatic hydroxyl groups excluding tert-OH is 1. The van der Waals surface area contributed by atoms with Crippen LogP contribution in [-0.4, -0.2) is 22.3 Å². The molecule has 0 aliphatic carbocycles. The van der Waals surface area contributed by atoms with E-state index in [1.165, 1.54) is 13.0 Å². The summed E-state index contributed by atoms with van der Waals surface area (Å²) in [6.45, 7) is 3.26. The first-order chi connectivity index (χ1) is 4.59. The van der Waals surface area contributed by atoms with Gasteiger partial charge in [-0.15, -0.1) is 0 Å². The number of aliphatic carboxylic acids is 1. The number of carboxylic acids is 1. The molecule has 0 aromatic carbocycles. The summed E-state index contributed by atoms with van der Waals surface area (Å²) in [5.74, 6) is -1.04. The van der Waals surface area contributed by atoms with Gasteiger partial charge in [0.15, 0.2) is 0 Å². The third kappa shape index (κ3) is 2.64. The Hall–Kier alpha value is -0.830. The van der Waals surface area contributed by atoms with Gasteiger partial charge in [-0.1, -0.05) is 13.0 Å². The molecule has 0 aromatic heterocycles. The molecular formula is C7H12O3. The minimum absolute atomic E-state index is 0.0718. The molecule has 10 heavy (non-hydrogen) atoms. The molecule has 0 fully saturated rings. The Bertz CT molecular complexity index is 147. The molecule has 0 aliphatic heterocycles. The number of allylic oxidation sites excluding steroid dienone is 1. The molecule has 0 bridgehead atoms. The van der Waals surface area contributed by atoms with E-state index in [9.17, 15) is 4.79 Å². The molecule has 3 nitrogen and oxygen atoms in total. The van der Waals surface area contributed by atoms with Gasteiger partial charge in [-0.25, -0.2) is 4.79 Å². The molecule has 0 spiro atoms. The standard InChI is InChI=1S/C7H12O3/c1-3-4-6(5(2)8)7(9)10/h4-5,8H,3H2,1-2H3,(H,9,10). The second-order valence-corrected chi connectivity index (χ2v) is 2.05. The predicted octanol–water partition coefficient (Wildman–Crippen LogP) is 0.788. The molecule has 0 aromatic rings. The van der Waals surface area contributed by atoms with Crippen molar-refractivity contribution in [2.75, 3.05) is 0 Å². The molecule has 3 heteroatoms. The fourth-order valence-corrected chi connectivity index (χ4v) is 0.656.